The molecule has 0 aromatic heterocycles. The average Bonchev–Trinajstić information content (AvgIpc) is 2.51. The molecule has 0 radical (unpaired) electrons. The van der Waals surface area contributed by atoms with Gasteiger partial charge in [0, 0.05) is 21.5 Å². The van der Waals surface area contributed by atoms with Gasteiger partial charge in [0.1, 0.15) is 0 Å². The maximum absolute atomic E-state index is 12.7. The molecule has 0 atom stereocenters. The van der Waals surface area contributed by atoms with Crippen LogP contribution in [0.25, 0.3) is 0 Å². The summed E-state index contributed by atoms with van der Waals surface area (Å²) in [6.45, 7) is -0.409. The molecule has 1 aliphatic carbocycles. The standard InChI is InChI=1S/C16H19Br2F3N2O/c17-11-6-10(15(22)13(18)7-11)8-23(9-14(24)16(19,20)21)12-4-2-1-3-5-12/h6-7,12H,1-5,8-9,22H2. The van der Waals surface area contributed by atoms with Crippen LogP contribution in [0.5, 0.6) is 0 Å². The summed E-state index contributed by atoms with van der Waals surface area (Å²) >= 11 is 6.71. The number of alkyl halides is 3. The number of ketones is 1. The zero-order chi connectivity index (χ0) is 17.9. The zero-order valence-electron chi connectivity index (χ0n) is 13.0. The summed E-state index contributed by atoms with van der Waals surface area (Å²) in [6.07, 6.45) is -0.170. The molecule has 0 spiro atoms. The summed E-state index contributed by atoms with van der Waals surface area (Å²) in [6, 6.07) is 3.54. The molecule has 0 heterocycles. The van der Waals surface area contributed by atoms with E-state index in [2.05, 4.69) is 31.9 Å². The molecule has 24 heavy (non-hydrogen) atoms. The lowest BCUT2D eigenvalue weighted by Crippen LogP contribution is -2.43. The van der Waals surface area contributed by atoms with E-state index >= 15 is 0 Å². The SMILES string of the molecule is Nc1c(Br)cc(Br)cc1CN(CC(=O)C(F)(F)F)C1CCCCC1. The first-order valence-electron chi connectivity index (χ1n) is 7.76. The van der Waals surface area contributed by atoms with Crippen LogP contribution in [0.1, 0.15) is 37.7 Å². The number of carbonyl (C=O) groups excluding carboxylic acids is 1. The van der Waals surface area contributed by atoms with E-state index in [0.717, 1.165) is 36.6 Å². The number of rotatable bonds is 5. The van der Waals surface area contributed by atoms with Crippen molar-refractivity contribution in [1.82, 2.24) is 4.90 Å². The van der Waals surface area contributed by atoms with Crippen LogP contribution in [0, 0.1) is 0 Å². The molecular formula is C16H19Br2F3N2O. The van der Waals surface area contributed by atoms with Crippen LogP contribution in [0.15, 0.2) is 21.1 Å². The molecule has 2 rings (SSSR count). The Morgan fingerprint density at radius 3 is 2.42 bits per heavy atom. The van der Waals surface area contributed by atoms with Crippen molar-refractivity contribution < 1.29 is 18.0 Å². The van der Waals surface area contributed by atoms with Crippen molar-refractivity contribution in [2.75, 3.05) is 12.3 Å². The molecule has 2 N–H and O–H groups in total. The number of nitrogens with two attached hydrogens (primary N) is 1. The predicted molar refractivity (Wildman–Crippen MR) is 94.6 cm³/mol. The summed E-state index contributed by atoms with van der Waals surface area (Å²) in [7, 11) is 0. The Balaban J connectivity index is 2.24. The van der Waals surface area contributed by atoms with E-state index in [9.17, 15) is 18.0 Å². The fourth-order valence-electron chi connectivity index (χ4n) is 3.02. The molecule has 0 unspecified atom stereocenters. The fourth-order valence-corrected chi connectivity index (χ4v) is 4.34. The van der Waals surface area contributed by atoms with Gasteiger partial charge in [-0.25, -0.2) is 0 Å². The predicted octanol–water partition coefficient (Wildman–Crippen LogP) is 5.06. The number of carbonyl (C=O) groups is 1. The van der Waals surface area contributed by atoms with Crippen LogP contribution >= 0.6 is 31.9 Å². The van der Waals surface area contributed by atoms with Crippen molar-refractivity contribution in [2.24, 2.45) is 0 Å². The maximum Gasteiger partial charge on any atom is 0.451 e. The lowest BCUT2D eigenvalue weighted by Gasteiger charge is -2.34. The second-order valence-electron chi connectivity index (χ2n) is 6.08. The van der Waals surface area contributed by atoms with Gasteiger partial charge >= 0.3 is 6.18 Å². The van der Waals surface area contributed by atoms with Gasteiger partial charge in [-0.05, 0) is 46.5 Å². The normalized spacial score (nSPS) is 16.6. The third-order valence-corrected chi connectivity index (χ3v) is 5.42. The number of hydrogen-bond donors (Lipinski definition) is 1. The van der Waals surface area contributed by atoms with Crippen LogP contribution in [0.4, 0.5) is 18.9 Å². The maximum atomic E-state index is 12.7. The quantitative estimate of drug-likeness (QED) is 0.610. The van der Waals surface area contributed by atoms with Crippen LogP contribution in [-0.2, 0) is 11.3 Å². The van der Waals surface area contributed by atoms with Crippen molar-refractivity contribution >= 4 is 43.3 Å². The fraction of sp³-hybridized carbons (Fsp3) is 0.562. The molecule has 0 saturated heterocycles. The molecular weight excluding hydrogens is 453 g/mol. The minimum absolute atomic E-state index is 0.0257. The lowest BCUT2D eigenvalue weighted by atomic mass is 9.93. The Hall–Kier alpha value is -0.600. The monoisotopic (exact) mass is 470 g/mol. The van der Waals surface area contributed by atoms with Crippen molar-refractivity contribution in [1.29, 1.82) is 0 Å². The highest BCUT2D eigenvalue weighted by Crippen LogP contribution is 2.31. The van der Waals surface area contributed by atoms with Gasteiger partial charge in [-0.1, -0.05) is 35.2 Å². The molecule has 0 amide bonds. The Morgan fingerprint density at radius 1 is 1.21 bits per heavy atom. The number of halogens is 5. The summed E-state index contributed by atoms with van der Waals surface area (Å²) in [5.41, 5.74) is 7.23. The third kappa shape index (κ3) is 5.20. The Labute approximate surface area is 156 Å². The number of anilines is 1. The lowest BCUT2D eigenvalue weighted by molar-refractivity contribution is -0.173. The zero-order valence-corrected chi connectivity index (χ0v) is 16.2. The van der Waals surface area contributed by atoms with Crippen molar-refractivity contribution in [2.45, 2.75) is 50.9 Å². The van der Waals surface area contributed by atoms with Gasteiger partial charge in [-0.2, -0.15) is 13.2 Å². The number of benzene rings is 1. The van der Waals surface area contributed by atoms with Gasteiger partial charge < -0.3 is 5.73 Å². The minimum Gasteiger partial charge on any atom is -0.398 e. The van der Waals surface area contributed by atoms with E-state index in [1.807, 2.05) is 0 Å². The summed E-state index contributed by atoms with van der Waals surface area (Å²) in [5.74, 6) is -1.71. The molecule has 8 heteroatoms. The van der Waals surface area contributed by atoms with Crippen molar-refractivity contribution in [3.05, 3.63) is 26.6 Å². The van der Waals surface area contributed by atoms with Gasteiger partial charge in [0.05, 0.1) is 12.2 Å². The number of Topliss-reactive ketones (excluding diaryl/α,β-unsaturated/α-hetero) is 1. The molecule has 0 bridgehead atoms. The molecule has 134 valence electrons. The summed E-state index contributed by atoms with van der Waals surface area (Å²) < 4.78 is 39.6. The largest absolute Gasteiger partial charge is 0.451 e. The third-order valence-electron chi connectivity index (χ3n) is 4.31. The van der Waals surface area contributed by atoms with E-state index in [1.54, 1.807) is 17.0 Å². The van der Waals surface area contributed by atoms with Crippen LogP contribution in [0.2, 0.25) is 0 Å². The molecule has 1 aliphatic rings. The van der Waals surface area contributed by atoms with E-state index in [0.29, 0.717) is 15.7 Å². The second kappa shape index (κ2) is 8.19. The van der Waals surface area contributed by atoms with E-state index in [4.69, 9.17) is 5.73 Å². The topological polar surface area (TPSA) is 46.3 Å². The summed E-state index contributed by atoms with van der Waals surface area (Å²) in [5, 5.41) is 0. The smallest absolute Gasteiger partial charge is 0.398 e. The first-order chi connectivity index (χ1) is 11.2. The second-order valence-corrected chi connectivity index (χ2v) is 7.85. The molecule has 1 saturated carbocycles. The first-order valence-corrected chi connectivity index (χ1v) is 9.34. The Morgan fingerprint density at radius 2 is 1.83 bits per heavy atom. The number of hydrogen-bond acceptors (Lipinski definition) is 3. The van der Waals surface area contributed by atoms with E-state index < -0.39 is 18.5 Å². The minimum atomic E-state index is -4.81. The van der Waals surface area contributed by atoms with E-state index in [-0.39, 0.29) is 12.6 Å². The van der Waals surface area contributed by atoms with Gasteiger partial charge in [0.25, 0.3) is 0 Å². The Bertz CT molecular complexity index is 602. The van der Waals surface area contributed by atoms with Gasteiger partial charge in [0.15, 0.2) is 0 Å². The van der Waals surface area contributed by atoms with Crippen molar-refractivity contribution in [3.8, 4) is 0 Å². The van der Waals surface area contributed by atoms with Crippen LogP contribution in [0.3, 0.4) is 0 Å². The Kier molecular flexibility index (Phi) is 6.73. The molecule has 1 aromatic rings. The highest BCUT2D eigenvalue weighted by atomic mass is 79.9. The van der Waals surface area contributed by atoms with Crippen LogP contribution < -0.4 is 5.73 Å². The number of nitrogen functional groups attached to an aromatic ring is 1. The van der Waals surface area contributed by atoms with Gasteiger partial charge in [0.2, 0.25) is 5.78 Å². The average molecular weight is 472 g/mol. The van der Waals surface area contributed by atoms with Crippen LogP contribution in [-0.4, -0.2) is 29.4 Å². The molecule has 1 aromatic carbocycles. The highest BCUT2D eigenvalue weighted by Gasteiger charge is 2.40. The first kappa shape index (κ1) is 19.7. The number of nitrogens with zero attached hydrogens (tertiary/aromatic N) is 1. The molecule has 3 nitrogen and oxygen atoms in total. The summed E-state index contributed by atoms with van der Waals surface area (Å²) in [4.78, 5) is 13.1. The van der Waals surface area contributed by atoms with Gasteiger partial charge in [-0.3, -0.25) is 9.69 Å². The molecule has 0 aliphatic heterocycles. The van der Waals surface area contributed by atoms with Crippen molar-refractivity contribution in [3.63, 3.8) is 0 Å². The molecule has 1 fully saturated rings. The van der Waals surface area contributed by atoms with Gasteiger partial charge in [-0.15, -0.1) is 0 Å². The highest BCUT2D eigenvalue weighted by molar-refractivity contribution is 9.11. The van der Waals surface area contributed by atoms with E-state index in [1.165, 1.54) is 0 Å².